The topological polar surface area (TPSA) is 62.0 Å². The van der Waals surface area contributed by atoms with Gasteiger partial charge in [-0.2, -0.15) is 10.2 Å². The lowest BCUT2D eigenvalue weighted by molar-refractivity contribution is 0.394. The third kappa shape index (κ3) is 2.60. The molecule has 0 spiro atoms. The van der Waals surface area contributed by atoms with E-state index in [0.717, 1.165) is 25.9 Å². The lowest BCUT2D eigenvalue weighted by atomic mass is 10.0. The van der Waals surface area contributed by atoms with Gasteiger partial charge in [-0.1, -0.05) is 24.3 Å². The van der Waals surface area contributed by atoms with Crippen molar-refractivity contribution in [3.05, 3.63) is 46.8 Å². The van der Waals surface area contributed by atoms with Crippen molar-refractivity contribution >= 4 is 5.82 Å². The van der Waals surface area contributed by atoms with E-state index < -0.39 is 0 Å². The van der Waals surface area contributed by atoms with Crippen molar-refractivity contribution in [3.8, 4) is 11.9 Å². The molecule has 0 saturated carbocycles. The van der Waals surface area contributed by atoms with Crippen LogP contribution in [0.4, 0.5) is 5.82 Å². The molecule has 0 atom stereocenters. The Kier molecular flexibility index (Phi) is 3.92. The van der Waals surface area contributed by atoms with E-state index in [4.69, 9.17) is 4.74 Å². The lowest BCUT2D eigenvalue weighted by Gasteiger charge is -2.23. The Hall–Kier alpha value is -2.61. The molecule has 1 aromatic carbocycles. The number of aromatic nitrogens is 2. The van der Waals surface area contributed by atoms with Gasteiger partial charge in [-0.05, 0) is 30.9 Å². The van der Waals surface area contributed by atoms with Gasteiger partial charge in [-0.3, -0.25) is 0 Å². The van der Waals surface area contributed by atoms with Crippen molar-refractivity contribution in [2.45, 2.75) is 19.8 Å². The standard InChI is InChI=1S/C17H18N4O/c1-12-19-16(15(11-18)17(20-12)22-2)21-9-7-13-5-3-4-6-14(13)8-10-21/h3-6H,7-10H2,1-2H3. The molecule has 0 unspecified atom stereocenters. The van der Waals surface area contributed by atoms with Gasteiger partial charge in [0.2, 0.25) is 5.88 Å². The molecule has 0 amide bonds. The highest BCUT2D eigenvalue weighted by Crippen LogP contribution is 2.27. The molecule has 2 heterocycles. The van der Waals surface area contributed by atoms with Gasteiger partial charge in [-0.25, -0.2) is 4.98 Å². The molecule has 0 radical (unpaired) electrons. The van der Waals surface area contributed by atoms with Gasteiger partial charge < -0.3 is 9.64 Å². The number of hydrogen-bond donors (Lipinski definition) is 0. The molecule has 2 aromatic rings. The fourth-order valence-corrected chi connectivity index (χ4v) is 2.89. The van der Waals surface area contributed by atoms with Crippen LogP contribution in [0.2, 0.25) is 0 Å². The third-order valence-corrected chi connectivity index (χ3v) is 3.99. The number of benzene rings is 1. The van der Waals surface area contributed by atoms with Crippen LogP contribution in [0.25, 0.3) is 0 Å². The van der Waals surface area contributed by atoms with Crippen molar-refractivity contribution in [2.24, 2.45) is 0 Å². The Morgan fingerprint density at radius 3 is 2.32 bits per heavy atom. The Bertz CT molecular complexity index is 709. The normalized spacial score (nSPS) is 14.0. The van der Waals surface area contributed by atoms with E-state index >= 15 is 0 Å². The average Bonchev–Trinajstić information content (AvgIpc) is 2.76. The molecule has 5 nitrogen and oxygen atoms in total. The van der Waals surface area contributed by atoms with Gasteiger partial charge in [0.05, 0.1) is 7.11 Å². The predicted molar refractivity (Wildman–Crippen MR) is 84.1 cm³/mol. The largest absolute Gasteiger partial charge is 0.480 e. The summed E-state index contributed by atoms with van der Waals surface area (Å²) in [7, 11) is 1.53. The van der Waals surface area contributed by atoms with Crippen LogP contribution in [-0.4, -0.2) is 30.2 Å². The van der Waals surface area contributed by atoms with E-state index in [1.165, 1.54) is 18.2 Å². The molecule has 112 valence electrons. The first-order valence-corrected chi connectivity index (χ1v) is 7.37. The maximum Gasteiger partial charge on any atom is 0.237 e. The van der Waals surface area contributed by atoms with Crippen LogP contribution in [0.1, 0.15) is 22.5 Å². The van der Waals surface area contributed by atoms with Crippen LogP contribution < -0.4 is 9.64 Å². The molecule has 3 rings (SSSR count). The number of nitriles is 1. The van der Waals surface area contributed by atoms with Gasteiger partial charge >= 0.3 is 0 Å². The second-order valence-electron chi connectivity index (χ2n) is 5.35. The molecule has 1 aliphatic heterocycles. The minimum atomic E-state index is 0.353. The fourth-order valence-electron chi connectivity index (χ4n) is 2.89. The van der Waals surface area contributed by atoms with Crippen LogP contribution in [0.15, 0.2) is 24.3 Å². The van der Waals surface area contributed by atoms with Crippen LogP contribution in [0, 0.1) is 18.3 Å². The third-order valence-electron chi connectivity index (χ3n) is 3.99. The first-order valence-electron chi connectivity index (χ1n) is 7.37. The summed E-state index contributed by atoms with van der Waals surface area (Å²) >= 11 is 0. The molecule has 1 aliphatic rings. The number of nitrogens with zero attached hydrogens (tertiary/aromatic N) is 4. The summed E-state index contributed by atoms with van der Waals surface area (Å²) in [5.74, 6) is 1.65. The van der Waals surface area contributed by atoms with Gasteiger partial charge in [0.25, 0.3) is 0 Å². The number of aryl methyl sites for hydroxylation is 1. The van der Waals surface area contributed by atoms with Crippen LogP contribution in [-0.2, 0) is 12.8 Å². The Labute approximate surface area is 130 Å². The van der Waals surface area contributed by atoms with E-state index in [-0.39, 0.29) is 0 Å². The number of methoxy groups -OCH3 is 1. The first kappa shape index (κ1) is 14.3. The molecule has 0 fully saturated rings. The minimum absolute atomic E-state index is 0.353. The lowest BCUT2D eigenvalue weighted by Crippen LogP contribution is -2.28. The van der Waals surface area contributed by atoms with Crippen molar-refractivity contribution in [1.82, 2.24) is 9.97 Å². The zero-order valence-corrected chi connectivity index (χ0v) is 12.8. The minimum Gasteiger partial charge on any atom is -0.480 e. The summed E-state index contributed by atoms with van der Waals surface area (Å²) in [6, 6.07) is 10.7. The molecular weight excluding hydrogens is 276 g/mol. The Balaban J connectivity index is 1.96. The quantitative estimate of drug-likeness (QED) is 0.850. The zero-order chi connectivity index (χ0) is 15.5. The molecule has 5 heteroatoms. The molecule has 0 N–H and O–H groups in total. The van der Waals surface area contributed by atoms with E-state index in [0.29, 0.717) is 23.1 Å². The molecule has 0 saturated heterocycles. The van der Waals surface area contributed by atoms with Crippen LogP contribution in [0.3, 0.4) is 0 Å². The SMILES string of the molecule is COc1nc(C)nc(N2CCc3ccccc3CC2)c1C#N. The van der Waals surface area contributed by atoms with Gasteiger partial charge in [-0.15, -0.1) is 0 Å². The highest BCUT2D eigenvalue weighted by atomic mass is 16.5. The maximum absolute atomic E-state index is 9.46. The highest BCUT2D eigenvalue weighted by molar-refractivity contribution is 5.59. The summed E-state index contributed by atoms with van der Waals surface area (Å²) < 4.78 is 5.24. The summed E-state index contributed by atoms with van der Waals surface area (Å²) in [6.07, 6.45) is 1.90. The Morgan fingerprint density at radius 1 is 1.14 bits per heavy atom. The molecule has 22 heavy (non-hydrogen) atoms. The molecule has 0 bridgehead atoms. The number of anilines is 1. The van der Waals surface area contributed by atoms with E-state index in [2.05, 4.69) is 45.2 Å². The van der Waals surface area contributed by atoms with E-state index in [1.54, 1.807) is 0 Å². The van der Waals surface area contributed by atoms with Crippen molar-refractivity contribution in [3.63, 3.8) is 0 Å². The summed E-state index contributed by atoms with van der Waals surface area (Å²) in [5, 5.41) is 9.46. The summed E-state index contributed by atoms with van der Waals surface area (Å²) in [6.45, 7) is 3.50. The van der Waals surface area contributed by atoms with Crippen molar-refractivity contribution in [2.75, 3.05) is 25.1 Å². The Morgan fingerprint density at radius 2 is 1.77 bits per heavy atom. The summed E-state index contributed by atoms with van der Waals surface area (Å²) in [4.78, 5) is 10.9. The predicted octanol–water partition coefficient (Wildman–Crippen LogP) is 2.27. The average molecular weight is 294 g/mol. The number of ether oxygens (including phenoxy) is 1. The van der Waals surface area contributed by atoms with Crippen molar-refractivity contribution < 1.29 is 4.74 Å². The fraction of sp³-hybridized carbons (Fsp3) is 0.353. The number of rotatable bonds is 2. The van der Waals surface area contributed by atoms with Gasteiger partial charge in [0, 0.05) is 13.1 Å². The number of hydrogen-bond acceptors (Lipinski definition) is 5. The first-order chi connectivity index (χ1) is 10.7. The highest BCUT2D eigenvalue weighted by Gasteiger charge is 2.21. The maximum atomic E-state index is 9.46. The smallest absolute Gasteiger partial charge is 0.237 e. The van der Waals surface area contributed by atoms with Crippen LogP contribution in [0.5, 0.6) is 5.88 Å². The second kappa shape index (κ2) is 6.02. The summed E-state index contributed by atoms with van der Waals surface area (Å²) in [5.41, 5.74) is 3.17. The second-order valence-corrected chi connectivity index (χ2v) is 5.35. The number of fused-ring (bicyclic) bond motifs is 1. The van der Waals surface area contributed by atoms with Gasteiger partial charge in [0.15, 0.2) is 11.4 Å². The van der Waals surface area contributed by atoms with E-state index in [9.17, 15) is 5.26 Å². The molecule has 0 aliphatic carbocycles. The zero-order valence-electron chi connectivity index (χ0n) is 12.8. The van der Waals surface area contributed by atoms with Gasteiger partial charge in [0.1, 0.15) is 11.9 Å². The monoisotopic (exact) mass is 294 g/mol. The van der Waals surface area contributed by atoms with E-state index in [1.807, 2.05) is 6.92 Å². The molecular formula is C17H18N4O. The van der Waals surface area contributed by atoms with Crippen LogP contribution >= 0.6 is 0 Å². The molecule has 1 aromatic heterocycles. The van der Waals surface area contributed by atoms with Crippen molar-refractivity contribution in [1.29, 1.82) is 5.26 Å².